The van der Waals surface area contributed by atoms with Crippen molar-refractivity contribution in [1.29, 1.82) is 0 Å². The van der Waals surface area contributed by atoms with Gasteiger partial charge in [0.2, 0.25) is 0 Å². The van der Waals surface area contributed by atoms with Crippen LogP contribution in [0.5, 0.6) is 0 Å². The van der Waals surface area contributed by atoms with Crippen molar-refractivity contribution in [3.63, 3.8) is 0 Å². The number of hydrogen-bond acceptors (Lipinski definition) is 4. The first-order chi connectivity index (χ1) is 8.60. The van der Waals surface area contributed by atoms with Gasteiger partial charge in [0.05, 0.1) is 10.6 Å². The van der Waals surface area contributed by atoms with E-state index in [1.54, 1.807) is 0 Å². The van der Waals surface area contributed by atoms with Gasteiger partial charge in [0.25, 0.3) is 20.2 Å². The highest BCUT2D eigenvalue weighted by atomic mass is 32.2. The van der Waals surface area contributed by atoms with Crippen LogP contribution in [0.2, 0.25) is 0 Å². The van der Waals surface area contributed by atoms with Gasteiger partial charge < -0.3 is 0 Å². The molecule has 0 saturated carbocycles. The van der Waals surface area contributed by atoms with Crippen LogP contribution >= 0.6 is 0 Å². The Balaban J connectivity index is 2.91. The van der Waals surface area contributed by atoms with Crippen LogP contribution in [0.3, 0.4) is 0 Å². The Morgan fingerprint density at radius 2 is 1.53 bits per heavy atom. The molecule has 7 nitrogen and oxygen atoms in total. The van der Waals surface area contributed by atoms with Crippen LogP contribution in [-0.2, 0) is 20.2 Å². The number of nitrogens with one attached hydrogen (secondary N) is 1. The molecule has 0 bridgehead atoms. The van der Waals surface area contributed by atoms with E-state index in [0.29, 0.717) is 0 Å². The van der Waals surface area contributed by atoms with Crippen molar-refractivity contribution in [3.8, 4) is 0 Å². The Hall–Kier alpha value is -1.68. The second-order valence-corrected chi connectivity index (χ2v) is 6.56. The molecule has 0 aromatic heterocycles. The standard InChI is InChI=1S/C10H8NO6S2/c11-9-4-1-6-5-7(18(12,13)14)2-3-8(6)10(9)19(15,16)17/h1-5,11H,(H,12,13,14)(H,15,16,17). The Kier molecular flexibility index (Phi) is 3.01. The van der Waals surface area contributed by atoms with Crippen LogP contribution in [0, 0.1) is 0 Å². The largest absolute Gasteiger partial charge is 0.299 e. The fraction of sp³-hybridized carbons (Fsp3) is 0. The Bertz CT molecular complexity index is 870. The molecule has 101 valence electrons. The minimum Gasteiger partial charge on any atom is -0.299 e. The fourth-order valence-corrected chi connectivity index (χ4v) is 3.04. The number of benzene rings is 2. The third-order valence-electron chi connectivity index (χ3n) is 2.50. The lowest BCUT2D eigenvalue weighted by atomic mass is 10.1. The van der Waals surface area contributed by atoms with Crippen LogP contribution in [0.4, 0.5) is 5.69 Å². The van der Waals surface area contributed by atoms with Gasteiger partial charge >= 0.3 is 0 Å². The van der Waals surface area contributed by atoms with Crippen molar-refractivity contribution in [1.82, 2.24) is 5.73 Å². The van der Waals surface area contributed by atoms with E-state index in [1.165, 1.54) is 6.07 Å². The molecule has 0 aliphatic carbocycles. The van der Waals surface area contributed by atoms with Gasteiger partial charge in [-0.25, -0.2) is 0 Å². The predicted octanol–water partition coefficient (Wildman–Crippen LogP) is 1.25. The Labute approximate surface area is 109 Å². The molecule has 9 heteroatoms. The number of rotatable bonds is 2. The molecule has 19 heavy (non-hydrogen) atoms. The summed E-state index contributed by atoms with van der Waals surface area (Å²) < 4.78 is 62.4. The number of fused-ring (bicyclic) bond motifs is 1. The molecule has 0 aliphatic rings. The van der Waals surface area contributed by atoms with E-state index in [9.17, 15) is 16.8 Å². The van der Waals surface area contributed by atoms with E-state index >= 15 is 0 Å². The van der Waals surface area contributed by atoms with Crippen LogP contribution < -0.4 is 5.73 Å². The summed E-state index contributed by atoms with van der Waals surface area (Å²) >= 11 is 0. The highest BCUT2D eigenvalue weighted by molar-refractivity contribution is 7.86. The van der Waals surface area contributed by atoms with E-state index in [1.807, 2.05) is 0 Å². The average Bonchev–Trinajstić information content (AvgIpc) is 2.25. The number of hydrogen-bond donors (Lipinski definition) is 2. The molecule has 0 unspecified atom stereocenters. The van der Waals surface area contributed by atoms with Gasteiger partial charge in [-0.1, -0.05) is 12.1 Å². The molecule has 0 fully saturated rings. The van der Waals surface area contributed by atoms with Crippen LogP contribution in [-0.4, -0.2) is 25.9 Å². The molecule has 2 aromatic rings. The molecule has 1 radical (unpaired) electrons. The summed E-state index contributed by atoms with van der Waals surface area (Å²) in [4.78, 5) is -1.01. The molecule has 2 aromatic carbocycles. The normalized spacial score (nSPS) is 12.7. The molecule has 0 saturated heterocycles. The highest BCUT2D eigenvalue weighted by Gasteiger charge is 2.19. The van der Waals surface area contributed by atoms with Crippen molar-refractivity contribution >= 4 is 36.7 Å². The lowest BCUT2D eigenvalue weighted by Gasteiger charge is -2.07. The Morgan fingerprint density at radius 3 is 2.05 bits per heavy atom. The van der Waals surface area contributed by atoms with E-state index in [0.717, 1.165) is 24.3 Å². The first-order valence-electron chi connectivity index (χ1n) is 4.84. The first-order valence-corrected chi connectivity index (χ1v) is 7.72. The second kappa shape index (κ2) is 4.17. The molecular formula is C10H8NO6S2. The van der Waals surface area contributed by atoms with Crippen molar-refractivity contribution in [3.05, 3.63) is 30.3 Å². The SMILES string of the molecule is [NH]c1ccc2cc(S(=O)(=O)O)ccc2c1S(=O)(=O)O. The van der Waals surface area contributed by atoms with E-state index in [2.05, 4.69) is 0 Å². The predicted molar refractivity (Wildman–Crippen MR) is 66.3 cm³/mol. The summed E-state index contributed by atoms with van der Waals surface area (Å²) in [5, 5.41) is 0.168. The zero-order valence-corrected chi connectivity index (χ0v) is 10.9. The third kappa shape index (κ3) is 2.54. The monoisotopic (exact) mass is 302 g/mol. The van der Waals surface area contributed by atoms with E-state index in [-0.39, 0.29) is 10.8 Å². The first kappa shape index (κ1) is 13.7. The summed E-state index contributed by atoms with van der Waals surface area (Å²) in [6, 6.07) is 5.59. The van der Waals surface area contributed by atoms with Gasteiger partial charge in [0, 0.05) is 5.39 Å². The molecule has 2 rings (SSSR count). The maximum absolute atomic E-state index is 11.2. The van der Waals surface area contributed by atoms with Gasteiger partial charge in [0.15, 0.2) is 0 Å². The van der Waals surface area contributed by atoms with Crippen molar-refractivity contribution in [2.24, 2.45) is 0 Å². The van der Waals surface area contributed by atoms with Gasteiger partial charge in [-0.15, -0.1) is 0 Å². The summed E-state index contributed by atoms with van der Waals surface area (Å²) in [7, 11) is -9.02. The van der Waals surface area contributed by atoms with Crippen LogP contribution in [0.15, 0.2) is 40.1 Å². The van der Waals surface area contributed by atoms with E-state index < -0.39 is 35.7 Å². The molecular weight excluding hydrogens is 294 g/mol. The van der Waals surface area contributed by atoms with Gasteiger partial charge in [-0.2, -0.15) is 16.8 Å². The zero-order chi connectivity index (χ0) is 14.4. The van der Waals surface area contributed by atoms with Crippen LogP contribution in [0.1, 0.15) is 0 Å². The molecule has 0 spiro atoms. The molecule has 0 heterocycles. The van der Waals surface area contributed by atoms with Crippen molar-refractivity contribution in [2.75, 3.05) is 0 Å². The quantitative estimate of drug-likeness (QED) is 0.802. The smallest absolute Gasteiger partial charge is 0.297 e. The fourth-order valence-electron chi connectivity index (χ4n) is 1.72. The summed E-state index contributed by atoms with van der Waals surface area (Å²) in [5.74, 6) is 0. The second-order valence-electron chi connectivity index (χ2n) is 3.78. The topological polar surface area (TPSA) is 133 Å². The van der Waals surface area contributed by atoms with Crippen molar-refractivity contribution in [2.45, 2.75) is 9.79 Å². The highest BCUT2D eigenvalue weighted by Crippen LogP contribution is 2.30. The minimum atomic E-state index is -4.61. The van der Waals surface area contributed by atoms with Gasteiger partial charge in [-0.05, 0) is 23.6 Å². The third-order valence-corrected chi connectivity index (χ3v) is 4.30. The molecule has 0 aliphatic heterocycles. The van der Waals surface area contributed by atoms with Crippen molar-refractivity contribution < 1.29 is 25.9 Å². The maximum atomic E-state index is 11.2. The average molecular weight is 302 g/mol. The van der Waals surface area contributed by atoms with Crippen LogP contribution in [0.25, 0.3) is 10.8 Å². The summed E-state index contributed by atoms with van der Waals surface area (Å²) in [6.45, 7) is 0. The lowest BCUT2D eigenvalue weighted by Crippen LogP contribution is -2.02. The molecule has 3 N–H and O–H groups in total. The summed E-state index contributed by atoms with van der Waals surface area (Å²) in [5.41, 5.74) is 7.07. The summed E-state index contributed by atoms with van der Waals surface area (Å²) in [6.07, 6.45) is 0. The Morgan fingerprint density at radius 1 is 0.895 bits per heavy atom. The minimum absolute atomic E-state index is 0.00222. The zero-order valence-electron chi connectivity index (χ0n) is 9.23. The van der Waals surface area contributed by atoms with Gasteiger partial charge in [-0.3, -0.25) is 14.8 Å². The maximum Gasteiger partial charge on any atom is 0.297 e. The van der Waals surface area contributed by atoms with Gasteiger partial charge in [0.1, 0.15) is 4.90 Å². The molecule has 0 amide bonds. The van der Waals surface area contributed by atoms with E-state index in [4.69, 9.17) is 14.8 Å². The lowest BCUT2D eigenvalue weighted by molar-refractivity contribution is 0.482. The molecule has 0 atom stereocenters.